The number of fused-ring (bicyclic) bond motifs is 4. The fourth-order valence-electron chi connectivity index (χ4n) is 5.36. The largest absolute Gasteiger partial charge is 0.309 e. The van der Waals surface area contributed by atoms with Crippen LogP contribution in [0.25, 0.3) is 49.4 Å². The van der Waals surface area contributed by atoms with Gasteiger partial charge >= 0.3 is 0 Å². The summed E-state index contributed by atoms with van der Waals surface area (Å²) in [5.41, 5.74) is 8.36. The minimum Gasteiger partial charge on any atom is -0.309 e. The van der Waals surface area contributed by atoms with E-state index in [4.69, 9.17) is 0 Å². The highest BCUT2D eigenvalue weighted by Gasteiger charge is 2.15. The topological polar surface area (TPSA) is 8.17 Å². The summed E-state index contributed by atoms with van der Waals surface area (Å²) in [4.78, 5) is 0. The Hall–Kier alpha value is -4.09. The quantitative estimate of drug-likeness (QED) is 0.147. The van der Waals surface area contributed by atoms with Crippen molar-refractivity contribution in [1.29, 1.82) is 0 Å². The van der Waals surface area contributed by atoms with Crippen molar-refractivity contribution in [3.05, 3.63) is 140 Å². The molecule has 0 amide bonds. The van der Waals surface area contributed by atoms with Crippen LogP contribution in [0.5, 0.6) is 0 Å². The molecular formula is C34H23IN2. The zero-order valence-electron chi connectivity index (χ0n) is 20.1. The number of anilines is 2. The van der Waals surface area contributed by atoms with Gasteiger partial charge in [-0.2, -0.15) is 0 Å². The molecule has 0 N–H and O–H groups in total. The van der Waals surface area contributed by atoms with E-state index in [1.807, 2.05) is 0 Å². The van der Waals surface area contributed by atoms with Gasteiger partial charge in [-0.25, -0.2) is 0 Å². The lowest BCUT2D eigenvalue weighted by Crippen LogP contribution is -2.01. The van der Waals surface area contributed by atoms with Gasteiger partial charge < -0.3 is 4.57 Å². The van der Waals surface area contributed by atoms with E-state index >= 15 is 0 Å². The fourth-order valence-corrected chi connectivity index (χ4v) is 5.96. The molecule has 0 bridgehead atoms. The number of nitrogens with zero attached hydrogens (tertiary/aromatic N) is 2. The van der Waals surface area contributed by atoms with Crippen LogP contribution in [0.3, 0.4) is 0 Å². The van der Waals surface area contributed by atoms with Crippen LogP contribution in [0.1, 0.15) is 0 Å². The van der Waals surface area contributed by atoms with Crippen molar-refractivity contribution in [1.82, 2.24) is 4.57 Å². The zero-order valence-corrected chi connectivity index (χ0v) is 22.2. The Labute approximate surface area is 229 Å². The minimum atomic E-state index is 1.14. The average molecular weight is 586 g/mol. The molecule has 0 aliphatic heterocycles. The molecule has 0 aliphatic carbocycles. The van der Waals surface area contributed by atoms with Crippen LogP contribution < -0.4 is 3.11 Å². The maximum Gasteiger partial charge on any atom is 0.0646 e. The molecule has 0 radical (unpaired) electrons. The van der Waals surface area contributed by atoms with Crippen LogP contribution in [0, 0.1) is 0 Å². The molecule has 2 nitrogen and oxygen atoms in total. The summed E-state index contributed by atoms with van der Waals surface area (Å²) >= 11 is 2.43. The first-order valence-electron chi connectivity index (χ1n) is 12.4. The fraction of sp³-hybridized carbons (Fsp3) is 0. The van der Waals surface area contributed by atoms with E-state index in [-0.39, 0.29) is 0 Å². The van der Waals surface area contributed by atoms with E-state index in [2.05, 4.69) is 170 Å². The molecule has 0 fully saturated rings. The minimum absolute atomic E-state index is 1.14. The van der Waals surface area contributed by atoms with Crippen LogP contribution >= 0.6 is 22.9 Å². The number of para-hydroxylation sites is 2. The van der Waals surface area contributed by atoms with Crippen LogP contribution in [-0.4, -0.2) is 4.57 Å². The lowest BCUT2D eigenvalue weighted by Gasteiger charge is -2.19. The number of rotatable bonds is 4. The highest BCUT2D eigenvalue weighted by atomic mass is 127. The summed E-state index contributed by atoms with van der Waals surface area (Å²) < 4.78 is 4.62. The second-order valence-electron chi connectivity index (χ2n) is 9.25. The van der Waals surface area contributed by atoms with Crippen molar-refractivity contribution < 1.29 is 0 Å². The van der Waals surface area contributed by atoms with E-state index in [0.29, 0.717) is 0 Å². The molecule has 0 aliphatic rings. The number of benzene rings is 6. The molecule has 7 aromatic rings. The first-order chi connectivity index (χ1) is 18.3. The van der Waals surface area contributed by atoms with Gasteiger partial charge in [-0.15, -0.1) is 0 Å². The van der Waals surface area contributed by atoms with Gasteiger partial charge in [0.15, 0.2) is 0 Å². The zero-order chi connectivity index (χ0) is 24.8. The third-order valence-electron chi connectivity index (χ3n) is 7.07. The maximum atomic E-state index is 2.43. The Morgan fingerprint density at radius 2 is 1.16 bits per heavy atom. The SMILES string of the molecule is IN(c1cccc(-c2cccc3ccccc23)c1)c1ccc2c3ccccc3n(-c3ccccc3)c2c1. The molecule has 3 heteroatoms. The summed E-state index contributed by atoms with van der Waals surface area (Å²) in [6, 6.07) is 50.0. The van der Waals surface area contributed by atoms with E-state index in [1.54, 1.807) is 0 Å². The summed E-state index contributed by atoms with van der Waals surface area (Å²) in [5.74, 6) is 0. The Kier molecular flexibility index (Phi) is 5.44. The molecule has 0 spiro atoms. The monoisotopic (exact) mass is 586 g/mol. The van der Waals surface area contributed by atoms with Gasteiger partial charge in [0, 0.05) is 16.5 Å². The van der Waals surface area contributed by atoms with Crippen molar-refractivity contribution in [3.8, 4) is 16.8 Å². The Bertz CT molecular complexity index is 1900. The lowest BCUT2D eigenvalue weighted by atomic mass is 9.98. The molecule has 176 valence electrons. The number of halogens is 1. The molecular weight excluding hydrogens is 563 g/mol. The van der Waals surface area contributed by atoms with E-state index in [1.165, 1.54) is 49.4 Å². The predicted molar refractivity (Wildman–Crippen MR) is 166 cm³/mol. The van der Waals surface area contributed by atoms with Crippen molar-refractivity contribution in [2.45, 2.75) is 0 Å². The molecule has 0 unspecified atom stereocenters. The predicted octanol–water partition coefficient (Wildman–Crippen LogP) is 10.1. The average Bonchev–Trinajstić information content (AvgIpc) is 3.30. The van der Waals surface area contributed by atoms with Crippen molar-refractivity contribution in [2.24, 2.45) is 0 Å². The van der Waals surface area contributed by atoms with Gasteiger partial charge in [0.05, 0.1) is 45.3 Å². The van der Waals surface area contributed by atoms with Crippen LogP contribution in [-0.2, 0) is 0 Å². The Morgan fingerprint density at radius 3 is 2.05 bits per heavy atom. The van der Waals surface area contributed by atoms with Gasteiger partial charge in [0.1, 0.15) is 0 Å². The second-order valence-corrected chi connectivity index (χ2v) is 10.2. The molecule has 0 saturated heterocycles. The first kappa shape index (κ1) is 22.1. The smallest absolute Gasteiger partial charge is 0.0646 e. The van der Waals surface area contributed by atoms with Crippen molar-refractivity contribution in [3.63, 3.8) is 0 Å². The highest BCUT2D eigenvalue weighted by Crippen LogP contribution is 2.39. The molecule has 0 saturated carbocycles. The molecule has 6 aromatic carbocycles. The number of hydrogen-bond donors (Lipinski definition) is 0. The molecule has 1 heterocycles. The van der Waals surface area contributed by atoms with Gasteiger partial charge in [0.2, 0.25) is 0 Å². The Balaban J connectivity index is 1.36. The third kappa shape index (κ3) is 3.78. The number of aromatic nitrogens is 1. The van der Waals surface area contributed by atoms with Gasteiger partial charge in [-0.3, -0.25) is 3.11 Å². The van der Waals surface area contributed by atoms with Crippen LogP contribution in [0.15, 0.2) is 140 Å². The summed E-state index contributed by atoms with van der Waals surface area (Å²) in [6.07, 6.45) is 0. The molecule has 37 heavy (non-hydrogen) atoms. The summed E-state index contributed by atoms with van der Waals surface area (Å²) in [6.45, 7) is 0. The van der Waals surface area contributed by atoms with E-state index in [0.717, 1.165) is 11.4 Å². The Morgan fingerprint density at radius 1 is 0.486 bits per heavy atom. The first-order valence-corrected chi connectivity index (χ1v) is 13.4. The summed E-state index contributed by atoms with van der Waals surface area (Å²) in [5, 5.41) is 5.07. The van der Waals surface area contributed by atoms with Gasteiger partial charge in [-0.1, -0.05) is 97.1 Å². The third-order valence-corrected chi connectivity index (χ3v) is 8.19. The standard InChI is InChI=1S/C34H23IN2/c35-37(27-15-8-12-25(22-27)30-18-9-11-24-10-4-5-16-29(24)30)28-20-21-32-31-17-6-7-19-33(31)36(34(32)23-28)26-13-2-1-3-14-26/h1-23H. The van der Waals surface area contributed by atoms with Crippen molar-refractivity contribution >= 4 is 66.8 Å². The van der Waals surface area contributed by atoms with E-state index < -0.39 is 0 Å². The molecule has 7 rings (SSSR count). The highest BCUT2D eigenvalue weighted by molar-refractivity contribution is 14.1. The number of hydrogen-bond acceptors (Lipinski definition) is 1. The van der Waals surface area contributed by atoms with Gasteiger partial charge in [0.25, 0.3) is 0 Å². The van der Waals surface area contributed by atoms with Gasteiger partial charge in [-0.05, 0) is 64.4 Å². The van der Waals surface area contributed by atoms with Crippen LogP contribution in [0.4, 0.5) is 11.4 Å². The summed E-state index contributed by atoms with van der Waals surface area (Å²) in [7, 11) is 0. The van der Waals surface area contributed by atoms with Crippen molar-refractivity contribution in [2.75, 3.05) is 3.11 Å². The molecule has 1 aromatic heterocycles. The maximum absolute atomic E-state index is 2.43. The normalized spacial score (nSPS) is 11.4. The van der Waals surface area contributed by atoms with E-state index in [9.17, 15) is 0 Å². The molecule has 0 atom stereocenters. The second kappa shape index (κ2) is 9.09. The lowest BCUT2D eigenvalue weighted by molar-refractivity contribution is 1.18. The van der Waals surface area contributed by atoms with Crippen LogP contribution in [0.2, 0.25) is 0 Å².